The highest BCUT2D eigenvalue weighted by atomic mass is 35.5. The summed E-state index contributed by atoms with van der Waals surface area (Å²) in [5.41, 5.74) is -0.216. The summed E-state index contributed by atoms with van der Waals surface area (Å²) < 4.78 is 1.59. The second kappa shape index (κ2) is 5.88. The standard InChI is InChI=1S/C10H16ClN3O/c1-3-13(4-2)7-8-14-6-5-12-9(11)10(14)15/h5-6H,3-4,7-8H2,1-2H3. The summed E-state index contributed by atoms with van der Waals surface area (Å²) in [6, 6.07) is 0. The van der Waals surface area contributed by atoms with Crippen LogP contribution in [-0.2, 0) is 6.54 Å². The van der Waals surface area contributed by atoms with Crippen LogP contribution in [0.3, 0.4) is 0 Å². The predicted octanol–water partition coefficient (Wildman–Crippen LogP) is 1.24. The Morgan fingerprint density at radius 1 is 1.47 bits per heavy atom. The fourth-order valence-electron chi connectivity index (χ4n) is 1.39. The largest absolute Gasteiger partial charge is 0.310 e. The molecule has 84 valence electrons. The Kier molecular flexibility index (Phi) is 4.78. The summed E-state index contributed by atoms with van der Waals surface area (Å²) in [4.78, 5) is 17.5. The third kappa shape index (κ3) is 3.32. The molecule has 0 N–H and O–H groups in total. The van der Waals surface area contributed by atoms with Crippen LogP contribution in [0, 0.1) is 0 Å². The number of halogens is 1. The lowest BCUT2D eigenvalue weighted by Crippen LogP contribution is -2.31. The molecule has 1 rings (SSSR count). The Balaban J connectivity index is 2.65. The van der Waals surface area contributed by atoms with Crippen LogP contribution in [0.2, 0.25) is 5.15 Å². The van der Waals surface area contributed by atoms with Gasteiger partial charge in [-0.05, 0) is 13.1 Å². The zero-order valence-electron chi connectivity index (χ0n) is 9.11. The Labute approximate surface area is 94.5 Å². The van der Waals surface area contributed by atoms with E-state index in [0.29, 0.717) is 6.54 Å². The van der Waals surface area contributed by atoms with Gasteiger partial charge in [-0.1, -0.05) is 25.4 Å². The van der Waals surface area contributed by atoms with E-state index in [1.165, 1.54) is 0 Å². The molecule has 15 heavy (non-hydrogen) atoms. The average Bonchev–Trinajstić information content (AvgIpc) is 2.25. The predicted molar refractivity (Wildman–Crippen MR) is 61.3 cm³/mol. The van der Waals surface area contributed by atoms with Gasteiger partial charge >= 0.3 is 0 Å². The van der Waals surface area contributed by atoms with Crippen molar-refractivity contribution < 1.29 is 0 Å². The van der Waals surface area contributed by atoms with E-state index in [0.717, 1.165) is 19.6 Å². The molecule has 4 nitrogen and oxygen atoms in total. The highest BCUT2D eigenvalue weighted by Gasteiger charge is 2.03. The van der Waals surface area contributed by atoms with Gasteiger partial charge in [0.2, 0.25) is 0 Å². The van der Waals surface area contributed by atoms with Gasteiger partial charge in [-0.15, -0.1) is 0 Å². The van der Waals surface area contributed by atoms with Crippen LogP contribution in [0.5, 0.6) is 0 Å². The Morgan fingerprint density at radius 2 is 2.13 bits per heavy atom. The Morgan fingerprint density at radius 3 is 2.73 bits per heavy atom. The van der Waals surface area contributed by atoms with Crippen LogP contribution >= 0.6 is 11.6 Å². The zero-order valence-corrected chi connectivity index (χ0v) is 9.87. The number of hydrogen-bond donors (Lipinski definition) is 0. The first-order valence-corrected chi connectivity index (χ1v) is 5.50. The first kappa shape index (κ1) is 12.2. The van der Waals surface area contributed by atoms with Gasteiger partial charge in [-0.2, -0.15) is 0 Å². The lowest BCUT2D eigenvalue weighted by atomic mass is 10.4. The lowest BCUT2D eigenvalue weighted by Gasteiger charge is -2.18. The van der Waals surface area contributed by atoms with Crippen LogP contribution in [0.25, 0.3) is 0 Å². The Bertz CT molecular complexity index is 360. The fourth-order valence-corrected chi connectivity index (χ4v) is 1.55. The highest BCUT2D eigenvalue weighted by Crippen LogP contribution is 1.94. The van der Waals surface area contributed by atoms with Crippen molar-refractivity contribution in [1.29, 1.82) is 0 Å². The molecule has 5 heteroatoms. The molecule has 0 spiro atoms. The average molecular weight is 230 g/mol. The topological polar surface area (TPSA) is 38.1 Å². The van der Waals surface area contributed by atoms with Crippen LogP contribution in [0.1, 0.15) is 13.8 Å². The summed E-state index contributed by atoms with van der Waals surface area (Å²) in [5, 5.41) is 0.0389. The molecule has 0 radical (unpaired) electrons. The minimum Gasteiger partial charge on any atom is -0.310 e. The van der Waals surface area contributed by atoms with Crippen LogP contribution in [0.4, 0.5) is 0 Å². The van der Waals surface area contributed by atoms with Gasteiger partial charge in [-0.25, -0.2) is 4.98 Å². The quantitative estimate of drug-likeness (QED) is 0.763. The van der Waals surface area contributed by atoms with Gasteiger partial charge in [0.25, 0.3) is 5.56 Å². The molecule has 0 aliphatic rings. The molecular formula is C10H16ClN3O. The van der Waals surface area contributed by atoms with E-state index in [4.69, 9.17) is 11.6 Å². The summed E-state index contributed by atoms with van der Waals surface area (Å²) in [6.07, 6.45) is 3.21. The smallest absolute Gasteiger partial charge is 0.288 e. The first-order valence-electron chi connectivity index (χ1n) is 5.12. The van der Waals surface area contributed by atoms with Crippen molar-refractivity contribution in [3.63, 3.8) is 0 Å². The van der Waals surface area contributed by atoms with Crippen molar-refractivity contribution in [1.82, 2.24) is 14.5 Å². The van der Waals surface area contributed by atoms with Crippen molar-refractivity contribution in [2.75, 3.05) is 19.6 Å². The van der Waals surface area contributed by atoms with Gasteiger partial charge in [-0.3, -0.25) is 4.79 Å². The second-order valence-corrected chi connectivity index (χ2v) is 3.60. The van der Waals surface area contributed by atoms with E-state index in [-0.39, 0.29) is 10.7 Å². The molecule has 0 aliphatic carbocycles. The van der Waals surface area contributed by atoms with E-state index in [2.05, 4.69) is 23.7 Å². The zero-order chi connectivity index (χ0) is 11.3. The summed E-state index contributed by atoms with van der Waals surface area (Å²) in [7, 11) is 0. The van der Waals surface area contributed by atoms with Crippen molar-refractivity contribution in [2.24, 2.45) is 0 Å². The number of nitrogens with zero attached hydrogens (tertiary/aromatic N) is 3. The number of rotatable bonds is 5. The molecule has 1 aromatic heterocycles. The summed E-state index contributed by atoms with van der Waals surface area (Å²) in [6.45, 7) is 7.70. The number of likely N-dealkylation sites (N-methyl/N-ethyl adjacent to an activating group) is 1. The number of aromatic nitrogens is 2. The van der Waals surface area contributed by atoms with Gasteiger partial charge in [0.1, 0.15) is 0 Å². The van der Waals surface area contributed by atoms with E-state index in [1.54, 1.807) is 17.0 Å². The van der Waals surface area contributed by atoms with E-state index in [9.17, 15) is 4.79 Å². The summed E-state index contributed by atoms with van der Waals surface area (Å²) in [5.74, 6) is 0. The molecule has 0 saturated carbocycles. The van der Waals surface area contributed by atoms with Crippen LogP contribution < -0.4 is 5.56 Å². The molecule has 0 fully saturated rings. The van der Waals surface area contributed by atoms with Crippen molar-refractivity contribution in [3.8, 4) is 0 Å². The van der Waals surface area contributed by atoms with Crippen molar-refractivity contribution in [2.45, 2.75) is 20.4 Å². The molecule has 0 aromatic carbocycles. The van der Waals surface area contributed by atoms with Crippen LogP contribution in [-0.4, -0.2) is 34.1 Å². The lowest BCUT2D eigenvalue weighted by molar-refractivity contribution is 0.289. The third-order valence-corrected chi connectivity index (χ3v) is 2.68. The van der Waals surface area contributed by atoms with Crippen LogP contribution in [0.15, 0.2) is 17.2 Å². The fraction of sp³-hybridized carbons (Fsp3) is 0.600. The highest BCUT2D eigenvalue weighted by molar-refractivity contribution is 6.29. The number of hydrogen-bond acceptors (Lipinski definition) is 3. The molecule has 1 aromatic rings. The molecule has 0 atom stereocenters. The van der Waals surface area contributed by atoms with E-state index < -0.39 is 0 Å². The minimum absolute atomic E-state index is 0.0389. The van der Waals surface area contributed by atoms with E-state index >= 15 is 0 Å². The van der Waals surface area contributed by atoms with Gasteiger partial charge < -0.3 is 9.47 Å². The molecule has 0 unspecified atom stereocenters. The molecule has 0 amide bonds. The van der Waals surface area contributed by atoms with Crippen molar-refractivity contribution in [3.05, 3.63) is 27.9 Å². The SMILES string of the molecule is CCN(CC)CCn1ccnc(Cl)c1=O. The summed E-state index contributed by atoms with van der Waals surface area (Å²) >= 11 is 5.64. The monoisotopic (exact) mass is 229 g/mol. The normalized spacial score (nSPS) is 10.9. The van der Waals surface area contributed by atoms with Gasteiger partial charge in [0.05, 0.1) is 0 Å². The first-order chi connectivity index (χ1) is 7.19. The second-order valence-electron chi connectivity index (χ2n) is 3.24. The molecule has 0 aliphatic heterocycles. The molecule has 1 heterocycles. The molecule has 0 bridgehead atoms. The van der Waals surface area contributed by atoms with Gasteiger partial charge in [0.15, 0.2) is 5.15 Å². The molecule has 0 saturated heterocycles. The minimum atomic E-state index is -0.216. The van der Waals surface area contributed by atoms with E-state index in [1.807, 2.05) is 0 Å². The Hall–Kier alpha value is -0.870. The van der Waals surface area contributed by atoms with Gasteiger partial charge in [0, 0.05) is 25.5 Å². The van der Waals surface area contributed by atoms with Crippen molar-refractivity contribution >= 4 is 11.6 Å². The third-order valence-electron chi connectivity index (χ3n) is 2.42. The maximum Gasteiger partial charge on any atom is 0.288 e. The maximum atomic E-state index is 11.5. The maximum absolute atomic E-state index is 11.5. The molecular weight excluding hydrogens is 214 g/mol.